The lowest BCUT2D eigenvalue weighted by molar-refractivity contribution is 0.0928. The van der Waals surface area contributed by atoms with Gasteiger partial charge < -0.3 is 15.1 Å². The Morgan fingerprint density at radius 1 is 1.43 bits per heavy atom. The molecule has 0 saturated heterocycles. The predicted molar refractivity (Wildman–Crippen MR) is 86.4 cm³/mol. The van der Waals surface area contributed by atoms with Gasteiger partial charge in [0.2, 0.25) is 0 Å². The number of para-hydroxylation sites is 1. The van der Waals surface area contributed by atoms with Crippen LogP contribution in [-0.2, 0) is 0 Å². The van der Waals surface area contributed by atoms with E-state index in [1.165, 1.54) is 5.57 Å². The number of hydrogen-bond acceptors (Lipinski definition) is 3. The number of rotatable bonds is 4. The topological polar surface area (TPSA) is 54.3 Å². The maximum Gasteiger partial charge on any atom is 0.287 e. The van der Waals surface area contributed by atoms with Crippen LogP contribution in [0.2, 0.25) is 0 Å². The summed E-state index contributed by atoms with van der Waals surface area (Å²) >= 11 is 3.43. The molecule has 1 aliphatic heterocycles. The molecule has 4 nitrogen and oxygen atoms in total. The van der Waals surface area contributed by atoms with Crippen LogP contribution in [0.15, 0.2) is 44.8 Å². The van der Waals surface area contributed by atoms with Gasteiger partial charge in [-0.25, -0.2) is 0 Å². The van der Waals surface area contributed by atoms with Gasteiger partial charge in [0.1, 0.15) is 5.58 Å². The average molecular weight is 349 g/mol. The van der Waals surface area contributed by atoms with Crippen LogP contribution in [-0.4, -0.2) is 25.5 Å². The normalized spacial score (nSPS) is 15.0. The molecule has 1 aromatic heterocycles. The van der Waals surface area contributed by atoms with E-state index in [0.29, 0.717) is 17.9 Å². The van der Waals surface area contributed by atoms with E-state index in [0.717, 1.165) is 35.8 Å². The summed E-state index contributed by atoms with van der Waals surface area (Å²) in [4.78, 5) is 12.1. The molecule has 0 saturated carbocycles. The van der Waals surface area contributed by atoms with Crippen LogP contribution in [0.25, 0.3) is 11.0 Å². The molecule has 0 radical (unpaired) electrons. The van der Waals surface area contributed by atoms with Crippen LogP contribution in [0.4, 0.5) is 0 Å². The molecule has 110 valence electrons. The maximum absolute atomic E-state index is 12.1. The summed E-state index contributed by atoms with van der Waals surface area (Å²) < 4.78 is 6.48. The van der Waals surface area contributed by atoms with Crippen LogP contribution in [0.5, 0.6) is 0 Å². The molecule has 0 bridgehead atoms. The first-order valence-electron chi connectivity index (χ1n) is 7.09. The van der Waals surface area contributed by atoms with Gasteiger partial charge in [-0.05, 0) is 47.4 Å². The number of nitrogens with one attached hydrogen (secondary N) is 2. The summed E-state index contributed by atoms with van der Waals surface area (Å²) in [5, 5.41) is 7.12. The number of carbonyl (C=O) groups excluding carboxylic acids is 1. The summed E-state index contributed by atoms with van der Waals surface area (Å²) in [5.74, 6) is 0.198. The molecule has 0 atom stereocenters. The Morgan fingerprint density at radius 3 is 3.10 bits per heavy atom. The van der Waals surface area contributed by atoms with Gasteiger partial charge in [0.25, 0.3) is 5.91 Å². The molecule has 0 aliphatic carbocycles. The zero-order chi connectivity index (χ0) is 14.7. The van der Waals surface area contributed by atoms with Gasteiger partial charge in [-0.2, -0.15) is 0 Å². The zero-order valence-corrected chi connectivity index (χ0v) is 13.2. The monoisotopic (exact) mass is 348 g/mol. The summed E-state index contributed by atoms with van der Waals surface area (Å²) in [6.45, 7) is 2.60. The van der Waals surface area contributed by atoms with Crippen LogP contribution in [0.1, 0.15) is 23.4 Å². The lowest BCUT2D eigenvalue weighted by atomic mass is 10.1. The molecule has 2 aromatic rings. The first-order valence-corrected chi connectivity index (χ1v) is 7.88. The van der Waals surface area contributed by atoms with Crippen molar-refractivity contribution >= 4 is 32.8 Å². The third kappa shape index (κ3) is 3.36. The van der Waals surface area contributed by atoms with E-state index in [4.69, 9.17) is 4.42 Å². The minimum absolute atomic E-state index is 0.160. The molecule has 0 spiro atoms. The van der Waals surface area contributed by atoms with Crippen LogP contribution in [0.3, 0.4) is 0 Å². The predicted octanol–water partition coefficient (Wildman–Crippen LogP) is 3.23. The van der Waals surface area contributed by atoms with E-state index in [1.807, 2.05) is 18.2 Å². The molecule has 1 aromatic carbocycles. The fraction of sp³-hybridized carbons (Fsp3) is 0.312. The van der Waals surface area contributed by atoms with Crippen molar-refractivity contribution in [2.75, 3.05) is 19.6 Å². The van der Waals surface area contributed by atoms with Crippen molar-refractivity contribution in [3.8, 4) is 0 Å². The fourth-order valence-electron chi connectivity index (χ4n) is 2.46. The second-order valence-corrected chi connectivity index (χ2v) is 5.95. The van der Waals surface area contributed by atoms with Crippen molar-refractivity contribution in [1.29, 1.82) is 0 Å². The lowest BCUT2D eigenvalue weighted by Crippen LogP contribution is -2.26. The van der Waals surface area contributed by atoms with Crippen LogP contribution < -0.4 is 10.6 Å². The molecule has 0 unspecified atom stereocenters. The van der Waals surface area contributed by atoms with E-state index in [9.17, 15) is 4.79 Å². The summed E-state index contributed by atoms with van der Waals surface area (Å²) in [6.07, 6.45) is 4.17. The number of fused-ring (bicyclic) bond motifs is 1. The number of carbonyl (C=O) groups is 1. The van der Waals surface area contributed by atoms with Crippen LogP contribution >= 0.6 is 15.9 Å². The minimum atomic E-state index is -0.160. The molecule has 3 rings (SSSR count). The Bertz CT molecular complexity index is 691. The van der Waals surface area contributed by atoms with E-state index < -0.39 is 0 Å². The van der Waals surface area contributed by atoms with Crippen molar-refractivity contribution in [2.24, 2.45) is 0 Å². The van der Waals surface area contributed by atoms with E-state index in [1.54, 1.807) is 6.07 Å². The fourth-order valence-corrected chi connectivity index (χ4v) is 2.92. The first-order chi connectivity index (χ1) is 10.2. The third-order valence-electron chi connectivity index (χ3n) is 3.61. The number of halogens is 1. The second-order valence-electron chi connectivity index (χ2n) is 5.09. The number of furan rings is 1. The highest BCUT2D eigenvalue weighted by atomic mass is 79.9. The summed E-state index contributed by atoms with van der Waals surface area (Å²) in [7, 11) is 0. The molecule has 5 heteroatoms. The highest BCUT2D eigenvalue weighted by molar-refractivity contribution is 9.10. The van der Waals surface area contributed by atoms with E-state index >= 15 is 0 Å². The highest BCUT2D eigenvalue weighted by Gasteiger charge is 2.13. The number of benzene rings is 1. The van der Waals surface area contributed by atoms with Crippen LogP contribution in [0, 0.1) is 0 Å². The number of hydrogen-bond donors (Lipinski definition) is 2. The van der Waals surface area contributed by atoms with Gasteiger partial charge in [-0.1, -0.05) is 23.8 Å². The van der Waals surface area contributed by atoms with Crippen molar-refractivity contribution < 1.29 is 9.21 Å². The molecule has 2 N–H and O–H groups in total. The first kappa shape index (κ1) is 14.4. The average Bonchev–Trinajstić information content (AvgIpc) is 2.94. The standard InChI is InChI=1S/C16H17BrN2O2/c17-13-3-1-2-12-10-14(21-15(12)13)16(20)19-9-6-11-4-7-18-8-5-11/h1-4,10,18H,5-9H2,(H,19,20). The Hall–Kier alpha value is -1.59. The van der Waals surface area contributed by atoms with Crippen molar-refractivity contribution in [1.82, 2.24) is 10.6 Å². The SMILES string of the molecule is O=C(NCCC1=CCNCC1)c1cc2cccc(Br)c2o1. The summed E-state index contributed by atoms with van der Waals surface area (Å²) in [6, 6.07) is 7.53. The van der Waals surface area contributed by atoms with Gasteiger partial charge in [0.15, 0.2) is 5.76 Å². The largest absolute Gasteiger partial charge is 0.450 e. The van der Waals surface area contributed by atoms with Gasteiger partial charge >= 0.3 is 0 Å². The second kappa shape index (κ2) is 6.45. The quantitative estimate of drug-likeness (QED) is 0.834. The van der Waals surface area contributed by atoms with Gasteiger partial charge in [0.05, 0.1) is 4.47 Å². The van der Waals surface area contributed by atoms with Gasteiger partial charge in [-0.3, -0.25) is 4.79 Å². The van der Waals surface area contributed by atoms with E-state index in [-0.39, 0.29) is 5.91 Å². The van der Waals surface area contributed by atoms with Gasteiger partial charge in [-0.15, -0.1) is 0 Å². The maximum atomic E-state index is 12.1. The lowest BCUT2D eigenvalue weighted by Gasteiger charge is -2.13. The molecule has 21 heavy (non-hydrogen) atoms. The van der Waals surface area contributed by atoms with Crippen molar-refractivity contribution in [3.05, 3.63) is 46.1 Å². The molecular formula is C16H17BrN2O2. The third-order valence-corrected chi connectivity index (χ3v) is 4.23. The Morgan fingerprint density at radius 2 is 2.33 bits per heavy atom. The zero-order valence-electron chi connectivity index (χ0n) is 11.6. The smallest absolute Gasteiger partial charge is 0.287 e. The summed E-state index contributed by atoms with van der Waals surface area (Å²) in [5.41, 5.74) is 2.12. The molecule has 0 fully saturated rings. The van der Waals surface area contributed by atoms with E-state index in [2.05, 4.69) is 32.6 Å². The van der Waals surface area contributed by atoms with Gasteiger partial charge in [0, 0.05) is 18.5 Å². The Balaban J connectivity index is 1.61. The Labute approximate surface area is 131 Å². The van der Waals surface area contributed by atoms with Crippen molar-refractivity contribution in [3.63, 3.8) is 0 Å². The minimum Gasteiger partial charge on any atom is -0.450 e. The molecule has 1 amide bonds. The van der Waals surface area contributed by atoms with Crippen molar-refractivity contribution in [2.45, 2.75) is 12.8 Å². The number of amides is 1. The molecule has 1 aliphatic rings. The molecular weight excluding hydrogens is 332 g/mol. The molecule has 2 heterocycles. The Kier molecular flexibility index (Phi) is 4.41. The highest BCUT2D eigenvalue weighted by Crippen LogP contribution is 2.26.